The Morgan fingerprint density at radius 1 is 1.17 bits per heavy atom. The minimum absolute atomic E-state index is 0.380. The van der Waals surface area contributed by atoms with E-state index in [9.17, 15) is 0 Å². The highest BCUT2D eigenvalue weighted by Crippen LogP contribution is 2.26. The number of aromatic nitrogens is 2. The lowest BCUT2D eigenvalue weighted by molar-refractivity contribution is 0.300. The fourth-order valence-electron chi connectivity index (χ4n) is 1.56. The molecule has 0 atom stereocenters. The van der Waals surface area contributed by atoms with Gasteiger partial charge in [0.25, 0.3) is 0 Å². The van der Waals surface area contributed by atoms with Crippen molar-refractivity contribution in [1.82, 2.24) is 9.97 Å². The second-order valence-corrected chi connectivity index (χ2v) is 5.17. The van der Waals surface area contributed by atoms with E-state index in [0.717, 1.165) is 27.0 Å². The van der Waals surface area contributed by atoms with E-state index in [1.807, 2.05) is 26.0 Å². The molecule has 0 aliphatic heterocycles. The average Bonchev–Trinajstić information content (AvgIpc) is 2.35. The first-order valence-electron chi connectivity index (χ1n) is 5.42. The van der Waals surface area contributed by atoms with E-state index in [0.29, 0.717) is 11.8 Å². The molecule has 0 aliphatic rings. The summed E-state index contributed by atoms with van der Waals surface area (Å²) in [5, 5.41) is 0.383. The molecule has 0 saturated carbocycles. The third-order valence-corrected chi connectivity index (χ3v) is 3.92. The molecule has 0 bridgehead atoms. The third-order valence-electron chi connectivity index (χ3n) is 2.47. The maximum absolute atomic E-state index is 5.68. The molecule has 0 radical (unpaired) electrons. The van der Waals surface area contributed by atoms with Crippen LogP contribution in [0.3, 0.4) is 0 Å². The normalized spacial score (nSPS) is 10.4. The molecule has 1 aromatic heterocycles. The van der Waals surface area contributed by atoms with Gasteiger partial charge in [-0.15, -0.1) is 0 Å². The monoisotopic (exact) mass is 326 g/mol. The molecule has 0 unspecified atom stereocenters. The van der Waals surface area contributed by atoms with E-state index in [-0.39, 0.29) is 0 Å². The van der Waals surface area contributed by atoms with Gasteiger partial charge in [-0.1, -0.05) is 27.5 Å². The van der Waals surface area contributed by atoms with Gasteiger partial charge >= 0.3 is 0 Å². The average molecular weight is 328 g/mol. The summed E-state index contributed by atoms with van der Waals surface area (Å²) in [7, 11) is 0. The van der Waals surface area contributed by atoms with E-state index in [1.165, 1.54) is 6.20 Å². The van der Waals surface area contributed by atoms with Crippen molar-refractivity contribution in [3.63, 3.8) is 0 Å². The zero-order valence-electron chi connectivity index (χ0n) is 10.1. The number of halogens is 2. The number of nitrogens with zero attached hydrogens (tertiary/aromatic N) is 2. The first-order chi connectivity index (χ1) is 8.56. The summed E-state index contributed by atoms with van der Waals surface area (Å²) in [4.78, 5) is 8.08. The molecule has 0 N–H and O–H groups in total. The fraction of sp³-hybridized carbons (Fsp3) is 0.231. The van der Waals surface area contributed by atoms with Crippen molar-refractivity contribution in [2.45, 2.75) is 20.5 Å². The summed E-state index contributed by atoms with van der Waals surface area (Å²) in [6, 6.07) is 3.97. The van der Waals surface area contributed by atoms with E-state index < -0.39 is 0 Å². The number of aryl methyl sites for hydroxylation is 2. The Bertz CT molecular complexity index is 534. The fourth-order valence-corrected chi connectivity index (χ4v) is 1.89. The summed E-state index contributed by atoms with van der Waals surface area (Å²) in [6.07, 6.45) is 3.12. The van der Waals surface area contributed by atoms with Crippen LogP contribution in [-0.4, -0.2) is 9.97 Å². The standard InChI is InChI=1S/C13H12BrClN2O/c1-8-3-11(4-9(2)13(8)14)18-7-10-5-17-12(15)6-16-10/h3-6H,7H2,1-2H3. The molecule has 0 amide bonds. The van der Waals surface area contributed by atoms with E-state index in [1.54, 1.807) is 6.20 Å². The lowest BCUT2D eigenvalue weighted by Crippen LogP contribution is -1.99. The van der Waals surface area contributed by atoms with Gasteiger partial charge < -0.3 is 4.74 Å². The van der Waals surface area contributed by atoms with Gasteiger partial charge in [-0.05, 0) is 37.1 Å². The first kappa shape index (κ1) is 13.3. The van der Waals surface area contributed by atoms with E-state index >= 15 is 0 Å². The molecule has 3 nitrogen and oxygen atoms in total. The smallest absolute Gasteiger partial charge is 0.147 e. The highest BCUT2D eigenvalue weighted by molar-refractivity contribution is 9.10. The van der Waals surface area contributed by atoms with Crippen molar-refractivity contribution >= 4 is 27.5 Å². The van der Waals surface area contributed by atoms with Gasteiger partial charge in [0.15, 0.2) is 0 Å². The van der Waals surface area contributed by atoms with Crippen LogP contribution in [0.1, 0.15) is 16.8 Å². The Balaban J connectivity index is 2.08. The minimum atomic E-state index is 0.380. The van der Waals surface area contributed by atoms with Gasteiger partial charge in [0.05, 0.1) is 18.1 Å². The Hall–Kier alpha value is -1.13. The second-order valence-electron chi connectivity index (χ2n) is 3.99. The maximum atomic E-state index is 5.68. The van der Waals surface area contributed by atoms with Crippen LogP contribution in [0.4, 0.5) is 0 Å². The summed E-state index contributed by atoms with van der Waals surface area (Å²) in [5.41, 5.74) is 3.04. The van der Waals surface area contributed by atoms with Crippen molar-refractivity contribution in [2.24, 2.45) is 0 Å². The van der Waals surface area contributed by atoms with Crippen LogP contribution in [0.25, 0.3) is 0 Å². The van der Waals surface area contributed by atoms with Crippen LogP contribution in [0.15, 0.2) is 29.0 Å². The van der Waals surface area contributed by atoms with E-state index in [2.05, 4.69) is 25.9 Å². The van der Waals surface area contributed by atoms with Crippen LogP contribution in [0.2, 0.25) is 5.15 Å². The summed E-state index contributed by atoms with van der Waals surface area (Å²) < 4.78 is 6.79. The zero-order valence-corrected chi connectivity index (χ0v) is 12.4. The van der Waals surface area contributed by atoms with Crippen LogP contribution in [0, 0.1) is 13.8 Å². The minimum Gasteiger partial charge on any atom is -0.487 e. The Labute approximate surface area is 119 Å². The van der Waals surface area contributed by atoms with Gasteiger partial charge in [0.2, 0.25) is 0 Å². The SMILES string of the molecule is Cc1cc(OCc2cnc(Cl)cn2)cc(C)c1Br. The van der Waals surface area contributed by atoms with Crippen molar-refractivity contribution < 1.29 is 4.74 Å². The zero-order chi connectivity index (χ0) is 13.1. The molecular formula is C13H12BrClN2O. The Morgan fingerprint density at radius 2 is 1.83 bits per heavy atom. The lowest BCUT2D eigenvalue weighted by Gasteiger charge is -2.09. The molecule has 0 aliphatic carbocycles. The van der Waals surface area contributed by atoms with Gasteiger partial charge in [-0.25, -0.2) is 4.98 Å². The molecular weight excluding hydrogens is 316 g/mol. The van der Waals surface area contributed by atoms with Crippen molar-refractivity contribution in [3.05, 3.63) is 51.0 Å². The topological polar surface area (TPSA) is 35.0 Å². The van der Waals surface area contributed by atoms with Gasteiger partial charge in [-0.3, -0.25) is 4.98 Å². The first-order valence-corrected chi connectivity index (χ1v) is 6.59. The number of hydrogen-bond acceptors (Lipinski definition) is 3. The number of hydrogen-bond donors (Lipinski definition) is 0. The van der Waals surface area contributed by atoms with Crippen molar-refractivity contribution in [3.8, 4) is 5.75 Å². The quantitative estimate of drug-likeness (QED) is 0.851. The highest BCUT2D eigenvalue weighted by Gasteiger charge is 2.04. The summed E-state index contributed by atoms with van der Waals surface area (Å²) >= 11 is 9.19. The van der Waals surface area contributed by atoms with Gasteiger partial charge in [0.1, 0.15) is 17.5 Å². The molecule has 2 rings (SSSR count). The van der Waals surface area contributed by atoms with Crippen LogP contribution in [-0.2, 0) is 6.61 Å². The molecule has 1 aromatic carbocycles. The van der Waals surface area contributed by atoms with E-state index in [4.69, 9.17) is 16.3 Å². The molecule has 5 heteroatoms. The molecule has 18 heavy (non-hydrogen) atoms. The van der Waals surface area contributed by atoms with Gasteiger partial charge in [0, 0.05) is 4.47 Å². The number of ether oxygens (including phenoxy) is 1. The number of benzene rings is 1. The highest BCUT2D eigenvalue weighted by atomic mass is 79.9. The van der Waals surface area contributed by atoms with Crippen molar-refractivity contribution in [2.75, 3.05) is 0 Å². The molecule has 2 aromatic rings. The largest absolute Gasteiger partial charge is 0.487 e. The lowest BCUT2D eigenvalue weighted by atomic mass is 10.1. The predicted octanol–water partition coefficient (Wildman–Crippen LogP) is 4.09. The summed E-state index contributed by atoms with van der Waals surface area (Å²) in [6.45, 7) is 4.45. The van der Waals surface area contributed by atoms with Crippen molar-refractivity contribution in [1.29, 1.82) is 0 Å². The predicted molar refractivity (Wildman–Crippen MR) is 75.0 cm³/mol. The third kappa shape index (κ3) is 3.21. The Kier molecular flexibility index (Phi) is 4.19. The number of rotatable bonds is 3. The van der Waals surface area contributed by atoms with Crippen LogP contribution >= 0.6 is 27.5 Å². The molecule has 94 valence electrons. The molecule has 0 spiro atoms. The van der Waals surface area contributed by atoms with Crippen LogP contribution in [0.5, 0.6) is 5.75 Å². The molecule has 0 fully saturated rings. The second kappa shape index (κ2) is 5.67. The maximum Gasteiger partial charge on any atom is 0.147 e. The molecule has 0 saturated heterocycles. The van der Waals surface area contributed by atoms with Gasteiger partial charge in [-0.2, -0.15) is 0 Å². The summed E-state index contributed by atoms with van der Waals surface area (Å²) in [5.74, 6) is 0.824. The Morgan fingerprint density at radius 3 is 2.39 bits per heavy atom. The molecule has 1 heterocycles. The van der Waals surface area contributed by atoms with Crippen LogP contribution < -0.4 is 4.74 Å².